The topological polar surface area (TPSA) is 166 Å². The van der Waals surface area contributed by atoms with Gasteiger partial charge in [-0.1, -0.05) is 65.5 Å². The zero-order valence-electron chi connectivity index (χ0n) is 25.6. The van der Waals surface area contributed by atoms with Crippen LogP contribution in [-0.4, -0.2) is 65.0 Å². The van der Waals surface area contributed by atoms with Gasteiger partial charge in [-0.05, 0) is 49.8 Å². The summed E-state index contributed by atoms with van der Waals surface area (Å²) in [5.74, 6) is -1.25. The second-order valence-electron chi connectivity index (χ2n) is 11.7. The van der Waals surface area contributed by atoms with Crippen LogP contribution < -0.4 is 21.3 Å². The van der Waals surface area contributed by atoms with Gasteiger partial charge in [0.1, 0.15) is 17.7 Å². The van der Waals surface area contributed by atoms with Gasteiger partial charge in [-0.2, -0.15) is 0 Å². The van der Waals surface area contributed by atoms with Crippen LogP contribution in [0.25, 0.3) is 0 Å². The number of ketones is 1. The molecule has 0 aromatic heterocycles. The lowest BCUT2D eigenvalue weighted by molar-refractivity contribution is -0.134. The highest BCUT2D eigenvalue weighted by Gasteiger charge is 2.50. The van der Waals surface area contributed by atoms with Crippen molar-refractivity contribution in [1.82, 2.24) is 16.0 Å². The quantitative estimate of drug-likeness (QED) is 0.121. The first-order chi connectivity index (χ1) is 19.9. The normalized spacial score (nSPS) is 18.0. The minimum atomic E-state index is -1.19. The monoisotopic (exact) mass is 588 g/mol. The van der Waals surface area contributed by atoms with Crippen LogP contribution in [0.5, 0.6) is 0 Å². The van der Waals surface area contributed by atoms with Crippen molar-refractivity contribution in [3.8, 4) is 0 Å². The lowest BCUT2D eigenvalue weighted by atomic mass is 9.93. The van der Waals surface area contributed by atoms with Gasteiger partial charge in [-0.25, -0.2) is 4.79 Å². The number of hydrogen-bond donors (Lipinski definition) is 5. The number of epoxide rings is 1. The first kappa shape index (κ1) is 34.7. The number of carbonyl (C=O) groups is 5. The molecule has 0 bridgehead atoms. The van der Waals surface area contributed by atoms with Gasteiger partial charge in [0.15, 0.2) is 5.78 Å². The molecule has 11 nitrogen and oxygen atoms in total. The van der Waals surface area contributed by atoms with Crippen LogP contribution >= 0.6 is 0 Å². The summed E-state index contributed by atoms with van der Waals surface area (Å²) in [6, 6.07) is 3.93. The van der Waals surface area contributed by atoms with Crippen molar-refractivity contribution < 1.29 is 33.8 Å². The minimum absolute atomic E-state index is 0.144. The molecule has 0 aliphatic carbocycles. The van der Waals surface area contributed by atoms with E-state index < -0.39 is 41.6 Å². The fourth-order valence-electron chi connectivity index (χ4n) is 4.64. The highest BCUT2D eigenvalue weighted by Crippen LogP contribution is 2.29. The molecule has 1 heterocycles. The molecule has 42 heavy (non-hydrogen) atoms. The second kappa shape index (κ2) is 16.8. The van der Waals surface area contributed by atoms with Crippen LogP contribution in [-0.2, 0) is 30.3 Å². The molecule has 0 saturated carbocycles. The lowest BCUT2D eigenvalue weighted by Crippen LogP contribution is -2.57. The Morgan fingerprint density at radius 3 is 2.02 bits per heavy atom. The number of unbranched alkanes of at least 4 members (excludes halogenated alkanes) is 3. The Balaban J connectivity index is 2.21. The third kappa shape index (κ3) is 11.8. The highest BCUT2D eigenvalue weighted by atomic mass is 16.6. The number of benzene rings is 1. The number of Topliss-reactive ketones (excluding diaryl/α,β-unsaturated/α-hetero) is 1. The van der Waals surface area contributed by atoms with Gasteiger partial charge in [-0.3, -0.25) is 24.5 Å². The SMILES string of the molecule is CCCCCC(=O)N[C@@H](Cc1ccc(NC(=O)O)cc1)C(=O)N[C@@H](CCCC)C(=O)N[C@@H](CC(C)C)C(=O)[C@@]1(C)CO1. The van der Waals surface area contributed by atoms with Crippen LogP contribution in [0.2, 0.25) is 0 Å². The molecule has 1 fully saturated rings. The van der Waals surface area contributed by atoms with E-state index in [1.807, 2.05) is 27.7 Å². The molecule has 5 N–H and O–H groups in total. The fourth-order valence-corrected chi connectivity index (χ4v) is 4.64. The molecule has 4 amide bonds. The van der Waals surface area contributed by atoms with Crippen molar-refractivity contribution in [2.24, 2.45) is 5.92 Å². The van der Waals surface area contributed by atoms with E-state index in [-0.39, 0.29) is 30.4 Å². The van der Waals surface area contributed by atoms with Crippen molar-refractivity contribution in [2.45, 2.75) is 116 Å². The van der Waals surface area contributed by atoms with E-state index in [0.717, 1.165) is 19.3 Å². The van der Waals surface area contributed by atoms with Crippen molar-refractivity contribution in [3.63, 3.8) is 0 Å². The van der Waals surface area contributed by atoms with E-state index in [0.29, 0.717) is 43.5 Å². The van der Waals surface area contributed by atoms with Gasteiger partial charge in [0, 0.05) is 18.5 Å². The van der Waals surface area contributed by atoms with E-state index in [9.17, 15) is 24.0 Å². The van der Waals surface area contributed by atoms with Crippen LogP contribution in [0.4, 0.5) is 10.5 Å². The Kier molecular flexibility index (Phi) is 13.9. The number of carbonyl (C=O) groups excluding carboxylic acids is 4. The Hall–Kier alpha value is -3.47. The van der Waals surface area contributed by atoms with Gasteiger partial charge in [0.2, 0.25) is 17.7 Å². The maximum Gasteiger partial charge on any atom is 0.409 e. The van der Waals surface area contributed by atoms with Gasteiger partial charge in [-0.15, -0.1) is 0 Å². The number of ether oxygens (including phenoxy) is 1. The van der Waals surface area contributed by atoms with Gasteiger partial charge in [0.05, 0.1) is 12.6 Å². The Labute approximate surface area is 248 Å². The van der Waals surface area contributed by atoms with E-state index in [2.05, 4.69) is 21.3 Å². The van der Waals surface area contributed by atoms with Crippen LogP contribution in [0, 0.1) is 5.92 Å². The summed E-state index contributed by atoms with van der Waals surface area (Å²) in [5.41, 5.74) is 0.190. The number of hydrogen-bond acceptors (Lipinski definition) is 6. The van der Waals surface area contributed by atoms with E-state index >= 15 is 0 Å². The zero-order valence-corrected chi connectivity index (χ0v) is 25.6. The smallest absolute Gasteiger partial charge is 0.409 e. The third-order valence-corrected chi connectivity index (χ3v) is 7.22. The van der Waals surface area contributed by atoms with E-state index in [1.54, 1.807) is 31.2 Å². The summed E-state index contributed by atoms with van der Waals surface area (Å²) in [6.07, 6.45) is 4.06. The maximum atomic E-state index is 13.6. The Morgan fingerprint density at radius 1 is 0.881 bits per heavy atom. The molecule has 0 spiro atoms. The standard InChI is InChI=1S/C31H48N4O7/c1-6-8-10-12-26(36)33-25(18-21-13-15-22(16-14-21)32-30(40)41)29(39)34-23(11-9-7-2)28(38)35-24(17-20(3)4)27(37)31(5)19-42-31/h13-16,20,23-25,32H,6-12,17-19H2,1-5H3,(H,33,36)(H,34,39)(H,35,38)(H,40,41)/t23-,24-,25-,31+/m0/s1. The van der Waals surface area contributed by atoms with Crippen LogP contribution in [0.1, 0.15) is 91.5 Å². The first-order valence-electron chi connectivity index (χ1n) is 15.1. The maximum absolute atomic E-state index is 13.6. The number of rotatable bonds is 19. The molecule has 2 rings (SSSR count). The largest absolute Gasteiger partial charge is 0.465 e. The predicted octanol–water partition coefficient (Wildman–Crippen LogP) is 3.95. The van der Waals surface area contributed by atoms with Crippen molar-refractivity contribution in [2.75, 3.05) is 11.9 Å². The third-order valence-electron chi connectivity index (χ3n) is 7.22. The number of amides is 4. The summed E-state index contributed by atoms with van der Waals surface area (Å²) < 4.78 is 5.33. The Morgan fingerprint density at radius 2 is 1.48 bits per heavy atom. The molecule has 1 aliphatic rings. The zero-order chi connectivity index (χ0) is 31.3. The molecule has 1 aromatic carbocycles. The summed E-state index contributed by atoms with van der Waals surface area (Å²) in [5, 5.41) is 19.7. The Bertz CT molecular complexity index is 1070. The van der Waals surface area contributed by atoms with Crippen molar-refractivity contribution in [1.29, 1.82) is 0 Å². The summed E-state index contributed by atoms with van der Waals surface area (Å²) in [6.45, 7) is 9.99. The van der Waals surface area contributed by atoms with Crippen LogP contribution in [0.15, 0.2) is 24.3 Å². The first-order valence-corrected chi connectivity index (χ1v) is 15.1. The van der Waals surface area contributed by atoms with Crippen molar-refractivity contribution in [3.05, 3.63) is 29.8 Å². The molecule has 1 aromatic rings. The van der Waals surface area contributed by atoms with Crippen LogP contribution in [0.3, 0.4) is 0 Å². The molecule has 1 aliphatic heterocycles. The predicted molar refractivity (Wildman–Crippen MR) is 160 cm³/mol. The van der Waals surface area contributed by atoms with E-state index in [4.69, 9.17) is 9.84 Å². The van der Waals surface area contributed by atoms with Gasteiger partial charge in [0.25, 0.3) is 0 Å². The average Bonchev–Trinajstić information content (AvgIpc) is 3.68. The number of carboxylic acid groups (broad SMARTS) is 1. The number of nitrogens with one attached hydrogen (secondary N) is 4. The highest BCUT2D eigenvalue weighted by molar-refractivity contribution is 5.98. The lowest BCUT2D eigenvalue weighted by Gasteiger charge is -2.26. The molecule has 11 heteroatoms. The average molecular weight is 589 g/mol. The molecule has 0 radical (unpaired) electrons. The molecule has 1 saturated heterocycles. The van der Waals surface area contributed by atoms with Gasteiger partial charge >= 0.3 is 6.09 Å². The molecular formula is C31H48N4O7. The molecule has 0 unspecified atom stereocenters. The fraction of sp³-hybridized carbons (Fsp3) is 0.645. The van der Waals surface area contributed by atoms with Gasteiger partial charge < -0.3 is 25.8 Å². The summed E-state index contributed by atoms with van der Waals surface area (Å²) in [7, 11) is 0. The summed E-state index contributed by atoms with van der Waals surface area (Å²) in [4.78, 5) is 63.8. The van der Waals surface area contributed by atoms with E-state index in [1.165, 1.54) is 0 Å². The molecule has 4 atom stereocenters. The number of anilines is 1. The molecular weight excluding hydrogens is 540 g/mol. The summed E-state index contributed by atoms with van der Waals surface area (Å²) >= 11 is 0. The second-order valence-corrected chi connectivity index (χ2v) is 11.7. The van der Waals surface area contributed by atoms with Crippen molar-refractivity contribution >= 4 is 35.3 Å². The molecule has 234 valence electrons. The minimum Gasteiger partial charge on any atom is -0.465 e.